The lowest BCUT2D eigenvalue weighted by Gasteiger charge is -2.06. The van der Waals surface area contributed by atoms with Gasteiger partial charge in [-0.3, -0.25) is 0 Å². The first-order chi connectivity index (χ1) is 12.8. The topological polar surface area (TPSA) is 18.5 Å². The van der Waals surface area contributed by atoms with Crippen molar-refractivity contribution in [1.82, 2.24) is 0 Å². The molecule has 0 aliphatic rings. The van der Waals surface area contributed by atoms with Gasteiger partial charge in [0.15, 0.2) is 11.5 Å². The van der Waals surface area contributed by atoms with Crippen LogP contribution in [0.25, 0.3) is 0 Å². The summed E-state index contributed by atoms with van der Waals surface area (Å²) in [5.74, 6) is 14.0. The number of benzene rings is 3. The summed E-state index contributed by atoms with van der Waals surface area (Å²) in [5.41, 5.74) is 3.77. The van der Waals surface area contributed by atoms with Crippen LogP contribution in [-0.4, -0.2) is 14.2 Å². The number of ether oxygens (including phenoxy) is 2. The fourth-order valence-corrected chi connectivity index (χ4v) is 2.36. The van der Waals surface area contributed by atoms with Crippen LogP contribution in [0.5, 0.6) is 11.5 Å². The average Bonchev–Trinajstić information content (AvgIpc) is 2.72. The van der Waals surface area contributed by atoms with Crippen LogP contribution in [0.4, 0.5) is 0 Å². The highest BCUT2D eigenvalue weighted by Gasteiger charge is 2.02. The van der Waals surface area contributed by atoms with Crippen molar-refractivity contribution in [3.63, 3.8) is 0 Å². The van der Waals surface area contributed by atoms with Gasteiger partial charge in [-0.25, -0.2) is 0 Å². The van der Waals surface area contributed by atoms with Crippen molar-refractivity contribution >= 4 is 0 Å². The van der Waals surface area contributed by atoms with E-state index in [1.54, 1.807) is 14.2 Å². The Kier molecular flexibility index (Phi) is 5.61. The highest BCUT2D eigenvalue weighted by Crippen LogP contribution is 2.27. The van der Waals surface area contributed by atoms with Gasteiger partial charge in [-0.1, -0.05) is 41.9 Å². The smallest absolute Gasteiger partial charge is 0.161 e. The maximum atomic E-state index is 5.30. The molecule has 3 aromatic carbocycles. The number of hydrogen-bond donors (Lipinski definition) is 0. The summed E-state index contributed by atoms with van der Waals surface area (Å²) in [4.78, 5) is 0. The summed E-state index contributed by atoms with van der Waals surface area (Å²) < 4.78 is 10.5. The maximum absolute atomic E-state index is 5.30. The molecular formula is C24H18O2. The largest absolute Gasteiger partial charge is 0.493 e. The molecule has 3 rings (SSSR count). The van der Waals surface area contributed by atoms with Gasteiger partial charge >= 0.3 is 0 Å². The highest BCUT2D eigenvalue weighted by atomic mass is 16.5. The molecule has 0 radical (unpaired) electrons. The molecule has 3 aromatic rings. The monoisotopic (exact) mass is 338 g/mol. The molecule has 0 amide bonds. The van der Waals surface area contributed by atoms with Gasteiger partial charge in [-0.2, -0.15) is 0 Å². The molecule has 0 aliphatic carbocycles. The molecule has 0 bridgehead atoms. The Balaban J connectivity index is 1.75. The quantitative estimate of drug-likeness (QED) is 0.640. The summed E-state index contributed by atoms with van der Waals surface area (Å²) >= 11 is 0. The molecule has 0 heterocycles. The van der Waals surface area contributed by atoms with Crippen molar-refractivity contribution in [2.24, 2.45) is 0 Å². The second-order valence-corrected chi connectivity index (χ2v) is 5.51. The maximum Gasteiger partial charge on any atom is 0.161 e. The molecule has 126 valence electrons. The Labute approximate surface area is 154 Å². The second kappa shape index (κ2) is 8.47. The Morgan fingerprint density at radius 2 is 0.962 bits per heavy atom. The van der Waals surface area contributed by atoms with Crippen LogP contribution in [0, 0.1) is 23.7 Å². The Hall–Kier alpha value is -3.62. The Morgan fingerprint density at radius 1 is 0.500 bits per heavy atom. The van der Waals surface area contributed by atoms with Crippen molar-refractivity contribution in [2.75, 3.05) is 14.2 Å². The number of rotatable bonds is 2. The number of methoxy groups -OCH3 is 2. The lowest BCUT2D eigenvalue weighted by molar-refractivity contribution is 0.355. The van der Waals surface area contributed by atoms with Crippen LogP contribution < -0.4 is 9.47 Å². The van der Waals surface area contributed by atoms with E-state index >= 15 is 0 Å². The van der Waals surface area contributed by atoms with Crippen LogP contribution in [0.3, 0.4) is 0 Å². The number of hydrogen-bond acceptors (Lipinski definition) is 2. The highest BCUT2D eigenvalue weighted by molar-refractivity contribution is 5.51. The third-order valence-corrected chi connectivity index (χ3v) is 3.74. The zero-order valence-electron chi connectivity index (χ0n) is 14.7. The fourth-order valence-electron chi connectivity index (χ4n) is 2.36. The Morgan fingerprint density at radius 3 is 1.50 bits per heavy atom. The predicted octanol–water partition coefficient (Wildman–Crippen LogP) is 4.50. The standard InChI is InChI=1S/C24H18O2/c1-25-23-17-16-22(18-24(23)26-2)15-14-21-12-10-20(11-13-21)9-8-19-6-4-3-5-7-19/h3-7,10-13,16-18H,1-2H3. The summed E-state index contributed by atoms with van der Waals surface area (Å²) in [5, 5.41) is 0. The third-order valence-electron chi connectivity index (χ3n) is 3.74. The van der Waals surface area contributed by atoms with Gasteiger partial charge in [0.1, 0.15) is 0 Å². The van der Waals surface area contributed by atoms with E-state index in [4.69, 9.17) is 9.47 Å². The molecule has 0 N–H and O–H groups in total. The SMILES string of the molecule is COc1ccc(C#Cc2ccc(C#Cc3ccccc3)cc2)cc1OC. The summed E-state index contributed by atoms with van der Waals surface area (Å²) in [6, 6.07) is 23.5. The molecule has 0 spiro atoms. The van der Waals surface area contributed by atoms with E-state index in [0.717, 1.165) is 22.3 Å². The predicted molar refractivity (Wildman–Crippen MR) is 104 cm³/mol. The van der Waals surface area contributed by atoms with Crippen molar-refractivity contribution in [3.05, 3.63) is 95.1 Å². The average molecular weight is 338 g/mol. The van der Waals surface area contributed by atoms with Gasteiger partial charge in [0.2, 0.25) is 0 Å². The molecule has 2 heteroatoms. The minimum absolute atomic E-state index is 0.672. The first-order valence-electron chi connectivity index (χ1n) is 8.19. The molecule has 2 nitrogen and oxygen atoms in total. The van der Waals surface area contributed by atoms with Gasteiger partial charge in [-0.05, 0) is 54.6 Å². The van der Waals surface area contributed by atoms with Crippen LogP contribution in [0.15, 0.2) is 72.8 Å². The molecule has 26 heavy (non-hydrogen) atoms. The molecular weight excluding hydrogens is 320 g/mol. The van der Waals surface area contributed by atoms with Crippen molar-refractivity contribution in [1.29, 1.82) is 0 Å². The normalized spacial score (nSPS) is 9.31. The minimum Gasteiger partial charge on any atom is -0.493 e. The molecule has 0 saturated carbocycles. The van der Waals surface area contributed by atoms with Crippen molar-refractivity contribution in [2.45, 2.75) is 0 Å². The van der Waals surface area contributed by atoms with E-state index < -0.39 is 0 Å². The molecule has 0 fully saturated rings. The lowest BCUT2D eigenvalue weighted by Crippen LogP contribution is -1.90. The van der Waals surface area contributed by atoms with Crippen LogP contribution in [-0.2, 0) is 0 Å². The van der Waals surface area contributed by atoms with E-state index in [1.165, 1.54) is 0 Å². The fraction of sp³-hybridized carbons (Fsp3) is 0.0833. The van der Waals surface area contributed by atoms with Gasteiger partial charge < -0.3 is 9.47 Å². The summed E-state index contributed by atoms with van der Waals surface area (Å²) in [7, 11) is 3.23. The van der Waals surface area contributed by atoms with E-state index in [2.05, 4.69) is 23.7 Å². The van der Waals surface area contributed by atoms with Crippen LogP contribution >= 0.6 is 0 Å². The first-order valence-corrected chi connectivity index (χ1v) is 8.19. The molecule has 0 unspecified atom stereocenters. The van der Waals surface area contributed by atoms with E-state index in [9.17, 15) is 0 Å². The zero-order chi connectivity index (χ0) is 18.2. The zero-order valence-corrected chi connectivity index (χ0v) is 14.7. The van der Waals surface area contributed by atoms with Gasteiger partial charge in [0.25, 0.3) is 0 Å². The van der Waals surface area contributed by atoms with Crippen molar-refractivity contribution < 1.29 is 9.47 Å². The van der Waals surface area contributed by atoms with Crippen molar-refractivity contribution in [3.8, 4) is 35.2 Å². The molecule has 0 aromatic heterocycles. The first kappa shape index (κ1) is 17.2. The third kappa shape index (κ3) is 4.47. The van der Waals surface area contributed by atoms with Gasteiger partial charge in [-0.15, -0.1) is 0 Å². The molecule has 0 saturated heterocycles. The van der Waals surface area contributed by atoms with E-state index in [1.807, 2.05) is 72.8 Å². The Bertz CT molecular complexity index is 995. The van der Waals surface area contributed by atoms with E-state index in [0.29, 0.717) is 11.5 Å². The van der Waals surface area contributed by atoms with Crippen LogP contribution in [0.1, 0.15) is 22.3 Å². The summed E-state index contributed by atoms with van der Waals surface area (Å²) in [6.07, 6.45) is 0. The van der Waals surface area contributed by atoms with E-state index in [-0.39, 0.29) is 0 Å². The molecule has 0 aliphatic heterocycles. The van der Waals surface area contributed by atoms with Gasteiger partial charge in [0.05, 0.1) is 14.2 Å². The summed E-state index contributed by atoms with van der Waals surface area (Å²) in [6.45, 7) is 0. The van der Waals surface area contributed by atoms with Gasteiger partial charge in [0, 0.05) is 22.3 Å². The molecule has 0 atom stereocenters. The second-order valence-electron chi connectivity index (χ2n) is 5.51. The lowest BCUT2D eigenvalue weighted by atomic mass is 10.1. The minimum atomic E-state index is 0.672. The van der Waals surface area contributed by atoms with Crippen LogP contribution in [0.2, 0.25) is 0 Å².